The van der Waals surface area contributed by atoms with Crippen LogP contribution in [0, 0.1) is 11.7 Å². The zero-order valence-electron chi connectivity index (χ0n) is 13.7. The highest BCUT2D eigenvalue weighted by Gasteiger charge is 2.21. The molecule has 0 saturated carbocycles. The van der Waals surface area contributed by atoms with Gasteiger partial charge in [0.15, 0.2) is 0 Å². The molecule has 124 valence electrons. The molecule has 3 heteroatoms. The summed E-state index contributed by atoms with van der Waals surface area (Å²) in [5, 5.41) is 0. The summed E-state index contributed by atoms with van der Waals surface area (Å²) in [5.74, 6) is 0.425. The van der Waals surface area contributed by atoms with Crippen LogP contribution in [0.25, 0.3) is 6.08 Å². The van der Waals surface area contributed by atoms with Crippen LogP contribution in [0.5, 0.6) is 0 Å². The minimum atomic E-state index is -0.265. The highest BCUT2D eigenvalue weighted by atomic mass is 19.1. The Morgan fingerprint density at radius 1 is 1.04 bits per heavy atom. The Kier molecular flexibility index (Phi) is 5.42. The fourth-order valence-electron chi connectivity index (χ4n) is 3.15. The zero-order chi connectivity index (χ0) is 16.8. The molecule has 0 aromatic heterocycles. The molecule has 3 rings (SSSR count). The Morgan fingerprint density at radius 2 is 1.71 bits per heavy atom. The van der Waals surface area contributed by atoms with E-state index in [9.17, 15) is 9.18 Å². The van der Waals surface area contributed by atoms with Crippen LogP contribution in [0.4, 0.5) is 4.39 Å². The number of nitrogens with zero attached hydrogens (tertiary/aromatic N) is 1. The first-order chi connectivity index (χ1) is 11.7. The Labute approximate surface area is 142 Å². The summed E-state index contributed by atoms with van der Waals surface area (Å²) >= 11 is 0. The van der Waals surface area contributed by atoms with Crippen molar-refractivity contribution in [3.63, 3.8) is 0 Å². The van der Waals surface area contributed by atoms with Crippen LogP contribution in [0.15, 0.2) is 60.7 Å². The van der Waals surface area contributed by atoms with E-state index in [4.69, 9.17) is 0 Å². The van der Waals surface area contributed by atoms with Crippen LogP contribution in [0.1, 0.15) is 24.0 Å². The van der Waals surface area contributed by atoms with Crippen LogP contribution < -0.4 is 0 Å². The molecule has 0 spiro atoms. The molecule has 1 fully saturated rings. The molecular weight excluding hydrogens is 301 g/mol. The molecule has 2 aromatic rings. The molecule has 1 aliphatic heterocycles. The number of halogens is 1. The van der Waals surface area contributed by atoms with E-state index < -0.39 is 0 Å². The van der Waals surface area contributed by atoms with Crippen molar-refractivity contribution in [3.05, 3.63) is 77.6 Å². The number of rotatable bonds is 4. The van der Waals surface area contributed by atoms with Crippen LogP contribution in [-0.4, -0.2) is 23.9 Å². The SMILES string of the molecule is O=C(/C=C\c1ccc(F)cc1)N1CCC(Cc2ccccc2)CC1. The van der Waals surface area contributed by atoms with E-state index >= 15 is 0 Å². The van der Waals surface area contributed by atoms with Gasteiger partial charge in [-0.05, 0) is 54.5 Å². The van der Waals surface area contributed by atoms with Crippen LogP contribution in [0.2, 0.25) is 0 Å². The summed E-state index contributed by atoms with van der Waals surface area (Å²) in [6, 6.07) is 16.7. The predicted octanol–water partition coefficient (Wildman–Crippen LogP) is 4.32. The van der Waals surface area contributed by atoms with Gasteiger partial charge in [0.25, 0.3) is 0 Å². The molecule has 0 radical (unpaired) electrons. The van der Waals surface area contributed by atoms with E-state index in [0.717, 1.165) is 37.9 Å². The molecule has 24 heavy (non-hydrogen) atoms. The van der Waals surface area contributed by atoms with Crippen molar-refractivity contribution in [1.29, 1.82) is 0 Å². The summed E-state index contributed by atoms with van der Waals surface area (Å²) in [6.45, 7) is 1.62. The quantitative estimate of drug-likeness (QED) is 0.767. The number of hydrogen-bond acceptors (Lipinski definition) is 1. The highest BCUT2D eigenvalue weighted by molar-refractivity contribution is 5.91. The van der Waals surface area contributed by atoms with Gasteiger partial charge in [-0.15, -0.1) is 0 Å². The van der Waals surface area contributed by atoms with Crippen molar-refractivity contribution in [1.82, 2.24) is 4.90 Å². The van der Waals surface area contributed by atoms with E-state index in [-0.39, 0.29) is 11.7 Å². The largest absolute Gasteiger partial charge is 0.339 e. The van der Waals surface area contributed by atoms with Gasteiger partial charge in [0, 0.05) is 19.2 Å². The van der Waals surface area contributed by atoms with Crippen molar-refractivity contribution in [3.8, 4) is 0 Å². The normalized spacial score (nSPS) is 15.8. The third-order valence-electron chi connectivity index (χ3n) is 4.58. The second kappa shape index (κ2) is 7.91. The Hall–Kier alpha value is -2.42. The van der Waals surface area contributed by atoms with E-state index in [2.05, 4.69) is 24.3 Å². The van der Waals surface area contributed by atoms with Gasteiger partial charge < -0.3 is 4.90 Å². The average molecular weight is 323 g/mol. The first kappa shape index (κ1) is 16.4. The van der Waals surface area contributed by atoms with Gasteiger partial charge in [-0.3, -0.25) is 4.79 Å². The van der Waals surface area contributed by atoms with Gasteiger partial charge in [0.1, 0.15) is 5.82 Å². The summed E-state index contributed by atoms with van der Waals surface area (Å²) < 4.78 is 12.9. The Balaban J connectivity index is 1.49. The van der Waals surface area contributed by atoms with Crippen molar-refractivity contribution in [2.24, 2.45) is 5.92 Å². The zero-order valence-corrected chi connectivity index (χ0v) is 13.7. The lowest BCUT2D eigenvalue weighted by Gasteiger charge is -2.31. The lowest BCUT2D eigenvalue weighted by atomic mass is 9.90. The molecule has 2 aromatic carbocycles. The second-order valence-electron chi connectivity index (χ2n) is 6.34. The minimum absolute atomic E-state index is 0.0393. The number of carbonyl (C=O) groups excluding carboxylic acids is 1. The number of piperidine rings is 1. The molecule has 0 N–H and O–H groups in total. The molecule has 0 bridgehead atoms. The Bertz CT molecular complexity index is 686. The average Bonchev–Trinajstić information content (AvgIpc) is 2.62. The van der Waals surface area contributed by atoms with Crippen molar-refractivity contribution in [2.45, 2.75) is 19.3 Å². The third kappa shape index (κ3) is 4.54. The fourth-order valence-corrected chi connectivity index (χ4v) is 3.15. The third-order valence-corrected chi connectivity index (χ3v) is 4.58. The molecule has 0 atom stereocenters. The van der Waals surface area contributed by atoms with Gasteiger partial charge in [-0.25, -0.2) is 4.39 Å². The predicted molar refractivity (Wildman–Crippen MR) is 94.9 cm³/mol. The molecule has 1 heterocycles. The maximum absolute atomic E-state index is 12.9. The smallest absolute Gasteiger partial charge is 0.246 e. The van der Waals surface area contributed by atoms with Crippen LogP contribution >= 0.6 is 0 Å². The summed E-state index contributed by atoms with van der Waals surface area (Å²) in [4.78, 5) is 14.2. The number of likely N-dealkylation sites (tertiary alicyclic amines) is 1. The lowest BCUT2D eigenvalue weighted by Crippen LogP contribution is -2.37. The van der Waals surface area contributed by atoms with Crippen molar-refractivity contribution >= 4 is 12.0 Å². The van der Waals surface area contributed by atoms with Crippen molar-refractivity contribution in [2.75, 3.05) is 13.1 Å². The summed E-state index contributed by atoms with van der Waals surface area (Å²) in [6.07, 6.45) is 6.52. The molecular formula is C21H22FNO. The van der Waals surface area contributed by atoms with E-state index in [0.29, 0.717) is 5.92 Å². The first-order valence-electron chi connectivity index (χ1n) is 8.47. The molecule has 1 aliphatic rings. The number of hydrogen-bond donors (Lipinski definition) is 0. The minimum Gasteiger partial charge on any atom is -0.339 e. The van der Waals surface area contributed by atoms with Gasteiger partial charge >= 0.3 is 0 Å². The van der Waals surface area contributed by atoms with E-state index in [1.807, 2.05) is 11.0 Å². The van der Waals surface area contributed by atoms with E-state index in [1.54, 1.807) is 24.3 Å². The van der Waals surface area contributed by atoms with Gasteiger partial charge in [0.2, 0.25) is 5.91 Å². The topological polar surface area (TPSA) is 20.3 Å². The molecule has 0 unspecified atom stereocenters. The number of carbonyl (C=O) groups is 1. The maximum atomic E-state index is 12.9. The van der Waals surface area contributed by atoms with Gasteiger partial charge in [-0.2, -0.15) is 0 Å². The fraction of sp³-hybridized carbons (Fsp3) is 0.286. The Morgan fingerprint density at radius 3 is 2.38 bits per heavy atom. The summed E-state index contributed by atoms with van der Waals surface area (Å²) in [5.41, 5.74) is 2.21. The second-order valence-corrected chi connectivity index (χ2v) is 6.34. The monoisotopic (exact) mass is 323 g/mol. The molecule has 0 aliphatic carbocycles. The van der Waals surface area contributed by atoms with E-state index in [1.165, 1.54) is 17.7 Å². The first-order valence-corrected chi connectivity index (χ1v) is 8.47. The van der Waals surface area contributed by atoms with Gasteiger partial charge in [0.05, 0.1) is 0 Å². The maximum Gasteiger partial charge on any atom is 0.246 e. The van der Waals surface area contributed by atoms with Crippen LogP contribution in [-0.2, 0) is 11.2 Å². The number of benzene rings is 2. The molecule has 1 saturated heterocycles. The highest BCUT2D eigenvalue weighted by Crippen LogP contribution is 2.22. The van der Waals surface area contributed by atoms with Crippen molar-refractivity contribution < 1.29 is 9.18 Å². The molecule has 2 nitrogen and oxygen atoms in total. The summed E-state index contributed by atoms with van der Waals surface area (Å²) in [7, 11) is 0. The standard InChI is InChI=1S/C21H22FNO/c22-20-9-6-17(7-10-20)8-11-21(24)23-14-12-19(13-15-23)16-18-4-2-1-3-5-18/h1-11,19H,12-16H2/b11-8-. The molecule has 1 amide bonds. The number of amides is 1. The van der Waals surface area contributed by atoms with Gasteiger partial charge in [-0.1, -0.05) is 42.5 Å². The van der Waals surface area contributed by atoms with Crippen LogP contribution in [0.3, 0.4) is 0 Å². The lowest BCUT2D eigenvalue weighted by molar-refractivity contribution is -0.127.